The standard InChI is InChI=1S/C16H24O9/c1-7(17)21-6-10-12(22-8(2)18)13(23-9(3)19)11-14(20)16(4,5)25-15(11)24-10/h10-15,20H,6H2,1-5H3/t10-,11+,12-,13-,14?,15-/m1/s1. The van der Waals surface area contributed by atoms with Crippen molar-refractivity contribution in [1.82, 2.24) is 0 Å². The number of rotatable bonds is 4. The van der Waals surface area contributed by atoms with Crippen molar-refractivity contribution in [3.05, 3.63) is 0 Å². The monoisotopic (exact) mass is 360 g/mol. The van der Waals surface area contributed by atoms with Crippen LogP contribution in [0.15, 0.2) is 0 Å². The molecule has 2 saturated heterocycles. The van der Waals surface area contributed by atoms with E-state index in [1.807, 2.05) is 0 Å². The molecule has 0 saturated carbocycles. The molecule has 1 unspecified atom stereocenters. The van der Waals surface area contributed by atoms with Gasteiger partial charge in [-0.1, -0.05) is 0 Å². The molecule has 0 bridgehead atoms. The first kappa shape index (κ1) is 19.6. The van der Waals surface area contributed by atoms with E-state index in [1.54, 1.807) is 13.8 Å². The van der Waals surface area contributed by atoms with Gasteiger partial charge < -0.3 is 28.8 Å². The summed E-state index contributed by atoms with van der Waals surface area (Å²) in [6.45, 7) is 6.77. The molecule has 25 heavy (non-hydrogen) atoms. The van der Waals surface area contributed by atoms with Gasteiger partial charge in [-0.3, -0.25) is 14.4 Å². The predicted molar refractivity (Wildman–Crippen MR) is 81.1 cm³/mol. The molecule has 2 fully saturated rings. The summed E-state index contributed by atoms with van der Waals surface area (Å²) in [6, 6.07) is 0. The molecular weight excluding hydrogens is 336 g/mol. The van der Waals surface area contributed by atoms with Crippen LogP contribution in [0, 0.1) is 5.92 Å². The zero-order valence-electron chi connectivity index (χ0n) is 14.9. The van der Waals surface area contributed by atoms with Crippen LogP contribution in [0.2, 0.25) is 0 Å². The number of aliphatic hydroxyl groups excluding tert-OH is 1. The Balaban J connectivity index is 2.34. The van der Waals surface area contributed by atoms with Crippen molar-refractivity contribution in [1.29, 1.82) is 0 Å². The van der Waals surface area contributed by atoms with Crippen molar-refractivity contribution in [3.63, 3.8) is 0 Å². The summed E-state index contributed by atoms with van der Waals surface area (Å²) in [5.74, 6) is -2.52. The molecule has 1 N–H and O–H groups in total. The van der Waals surface area contributed by atoms with Crippen LogP contribution in [0.3, 0.4) is 0 Å². The van der Waals surface area contributed by atoms with Gasteiger partial charge in [0, 0.05) is 20.8 Å². The summed E-state index contributed by atoms with van der Waals surface area (Å²) in [5, 5.41) is 10.6. The van der Waals surface area contributed by atoms with E-state index >= 15 is 0 Å². The van der Waals surface area contributed by atoms with E-state index in [0.29, 0.717) is 0 Å². The molecule has 0 aliphatic carbocycles. The summed E-state index contributed by atoms with van der Waals surface area (Å²) in [7, 11) is 0. The minimum absolute atomic E-state index is 0.214. The third-order valence-electron chi connectivity index (χ3n) is 4.24. The van der Waals surface area contributed by atoms with E-state index in [2.05, 4.69) is 0 Å². The van der Waals surface area contributed by atoms with E-state index in [-0.39, 0.29) is 6.61 Å². The molecule has 6 atom stereocenters. The fourth-order valence-electron chi connectivity index (χ4n) is 3.20. The Bertz CT molecular complexity index is 544. The highest BCUT2D eigenvalue weighted by atomic mass is 16.7. The maximum atomic E-state index is 11.6. The van der Waals surface area contributed by atoms with Crippen LogP contribution in [0.1, 0.15) is 34.6 Å². The van der Waals surface area contributed by atoms with Gasteiger partial charge in [-0.05, 0) is 13.8 Å². The summed E-state index contributed by atoms with van der Waals surface area (Å²) >= 11 is 0. The second-order valence-electron chi connectivity index (χ2n) is 6.74. The van der Waals surface area contributed by atoms with E-state index in [4.69, 9.17) is 23.7 Å². The molecule has 0 aromatic rings. The smallest absolute Gasteiger partial charge is 0.303 e. The van der Waals surface area contributed by atoms with E-state index < -0.39 is 60.1 Å². The van der Waals surface area contributed by atoms with Crippen LogP contribution in [0.5, 0.6) is 0 Å². The third-order valence-corrected chi connectivity index (χ3v) is 4.24. The second-order valence-corrected chi connectivity index (χ2v) is 6.74. The van der Waals surface area contributed by atoms with Gasteiger partial charge in [0.25, 0.3) is 0 Å². The van der Waals surface area contributed by atoms with Gasteiger partial charge >= 0.3 is 17.9 Å². The van der Waals surface area contributed by atoms with Crippen LogP contribution in [0.4, 0.5) is 0 Å². The zero-order valence-corrected chi connectivity index (χ0v) is 14.9. The van der Waals surface area contributed by atoms with E-state index in [9.17, 15) is 19.5 Å². The Kier molecular flexibility index (Phi) is 5.70. The summed E-state index contributed by atoms with van der Waals surface area (Å²) < 4.78 is 27.1. The third kappa shape index (κ3) is 4.28. The molecular formula is C16H24O9. The number of carbonyl (C=O) groups is 3. The molecule has 142 valence electrons. The van der Waals surface area contributed by atoms with E-state index in [1.165, 1.54) is 20.8 Å². The summed E-state index contributed by atoms with van der Waals surface area (Å²) in [5.41, 5.74) is -0.954. The van der Waals surface area contributed by atoms with Crippen molar-refractivity contribution in [2.45, 2.75) is 70.9 Å². The van der Waals surface area contributed by atoms with Gasteiger partial charge in [-0.25, -0.2) is 0 Å². The van der Waals surface area contributed by atoms with Crippen LogP contribution >= 0.6 is 0 Å². The average Bonchev–Trinajstić information content (AvgIpc) is 2.68. The molecule has 2 aliphatic heterocycles. The second kappa shape index (κ2) is 7.27. The van der Waals surface area contributed by atoms with E-state index in [0.717, 1.165) is 0 Å². The molecule has 9 nitrogen and oxygen atoms in total. The Hall–Kier alpha value is -1.71. The lowest BCUT2D eigenvalue weighted by molar-refractivity contribution is -0.278. The predicted octanol–water partition coefficient (Wildman–Crippen LogP) is -0.0763. The fraction of sp³-hybridized carbons (Fsp3) is 0.812. The average molecular weight is 360 g/mol. The number of ether oxygens (including phenoxy) is 5. The lowest BCUT2D eigenvalue weighted by Gasteiger charge is -2.42. The van der Waals surface area contributed by atoms with Crippen LogP contribution in [0.25, 0.3) is 0 Å². The maximum Gasteiger partial charge on any atom is 0.303 e. The number of hydrogen-bond acceptors (Lipinski definition) is 9. The molecule has 2 heterocycles. The van der Waals surface area contributed by atoms with Gasteiger partial charge in [-0.15, -0.1) is 0 Å². The topological polar surface area (TPSA) is 118 Å². The minimum atomic E-state index is -1.05. The normalized spacial score (nSPS) is 36.2. The molecule has 2 aliphatic rings. The molecule has 9 heteroatoms. The van der Waals surface area contributed by atoms with Crippen molar-refractivity contribution < 1.29 is 43.2 Å². The van der Waals surface area contributed by atoms with Crippen LogP contribution in [-0.2, 0) is 38.1 Å². The first-order valence-electron chi connectivity index (χ1n) is 8.02. The van der Waals surface area contributed by atoms with Gasteiger partial charge in [0.05, 0.1) is 17.6 Å². The molecule has 2 rings (SSSR count). The fourth-order valence-corrected chi connectivity index (χ4v) is 3.20. The van der Waals surface area contributed by atoms with Crippen molar-refractivity contribution >= 4 is 17.9 Å². The number of hydrogen-bond donors (Lipinski definition) is 1. The summed E-state index contributed by atoms with van der Waals surface area (Å²) in [4.78, 5) is 34.2. The highest BCUT2D eigenvalue weighted by Gasteiger charge is 2.61. The van der Waals surface area contributed by atoms with Gasteiger partial charge in [0.2, 0.25) is 0 Å². The molecule has 0 radical (unpaired) electrons. The van der Waals surface area contributed by atoms with Crippen molar-refractivity contribution in [2.24, 2.45) is 5.92 Å². The molecule has 0 amide bonds. The Morgan fingerprint density at radius 2 is 1.56 bits per heavy atom. The van der Waals surface area contributed by atoms with Crippen molar-refractivity contribution in [2.75, 3.05) is 6.61 Å². The largest absolute Gasteiger partial charge is 0.463 e. The molecule has 0 spiro atoms. The van der Waals surface area contributed by atoms with Crippen molar-refractivity contribution in [3.8, 4) is 0 Å². The first-order chi connectivity index (χ1) is 11.5. The lowest BCUT2D eigenvalue weighted by atomic mass is 9.83. The van der Waals surface area contributed by atoms with Gasteiger partial charge in [0.15, 0.2) is 18.5 Å². The number of fused-ring (bicyclic) bond motifs is 1. The number of esters is 3. The molecule has 0 aromatic heterocycles. The Morgan fingerprint density at radius 3 is 2.08 bits per heavy atom. The van der Waals surface area contributed by atoms with Gasteiger partial charge in [-0.2, -0.15) is 0 Å². The highest BCUT2D eigenvalue weighted by Crippen LogP contribution is 2.44. The SMILES string of the molecule is CC(=O)OC[C@H]1O[C@@H]2OC(C)(C)C(O)[C@@H]2[C@@H](OC(C)=O)[C@@H]1OC(C)=O. The number of aliphatic hydroxyl groups is 1. The first-order valence-corrected chi connectivity index (χ1v) is 8.02. The number of carbonyl (C=O) groups excluding carboxylic acids is 3. The Morgan fingerprint density at radius 1 is 1.00 bits per heavy atom. The quantitative estimate of drug-likeness (QED) is 0.542. The summed E-state index contributed by atoms with van der Waals surface area (Å²) in [6.07, 6.45) is -4.87. The van der Waals surface area contributed by atoms with Gasteiger partial charge in [0.1, 0.15) is 12.7 Å². The lowest BCUT2D eigenvalue weighted by Crippen LogP contribution is -2.59. The van der Waals surface area contributed by atoms with Crippen LogP contribution in [-0.4, -0.2) is 65.9 Å². The Labute approximate surface area is 145 Å². The highest BCUT2D eigenvalue weighted by molar-refractivity contribution is 5.67. The maximum absolute atomic E-state index is 11.6. The zero-order chi connectivity index (χ0) is 18.9. The molecule has 0 aromatic carbocycles. The van der Waals surface area contributed by atoms with Crippen LogP contribution < -0.4 is 0 Å². The minimum Gasteiger partial charge on any atom is -0.463 e.